The number of carbonyl (C=O) groups is 1. The molecule has 0 aliphatic carbocycles. The molecule has 1 saturated heterocycles. The summed E-state index contributed by atoms with van der Waals surface area (Å²) in [6, 6.07) is 0. The number of piperidine rings is 1. The van der Waals surface area contributed by atoms with Gasteiger partial charge >= 0.3 is 6.09 Å². The summed E-state index contributed by atoms with van der Waals surface area (Å²) in [7, 11) is 0. The molecule has 1 aromatic heterocycles. The molecule has 0 spiro atoms. The number of aromatic nitrogens is 2. The summed E-state index contributed by atoms with van der Waals surface area (Å²) in [5.41, 5.74) is -1.60. The van der Waals surface area contributed by atoms with Gasteiger partial charge in [0.05, 0.1) is 18.6 Å². The summed E-state index contributed by atoms with van der Waals surface area (Å²) < 4.78 is 10.6. The van der Waals surface area contributed by atoms with Crippen LogP contribution in [0.1, 0.15) is 58.7 Å². The van der Waals surface area contributed by atoms with Crippen LogP contribution in [0.2, 0.25) is 0 Å². The van der Waals surface area contributed by atoms with Gasteiger partial charge in [-0.15, -0.1) is 0 Å². The number of aliphatic hydroxyl groups is 1. The number of aryl methyl sites for hydroxylation is 1. The molecular formula is C16H27N3O4. The van der Waals surface area contributed by atoms with E-state index in [4.69, 9.17) is 9.26 Å². The fourth-order valence-electron chi connectivity index (χ4n) is 2.71. The van der Waals surface area contributed by atoms with E-state index >= 15 is 0 Å². The number of carbonyl (C=O) groups excluding carboxylic acids is 1. The molecule has 1 amide bonds. The first kappa shape index (κ1) is 17.7. The van der Waals surface area contributed by atoms with Crippen molar-refractivity contribution in [2.75, 3.05) is 13.1 Å². The SMILES string of the molecule is CCCc1noc(CC2(O)CCCN(C(=O)OC(C)(C)C)C2)n1. The molecule has 1 unspecified atom stereocenters. The van der Waals surface area contributed by atoms with Crippen LogP contribution in [0.15, 0.2) is 4.52 Å². The van der Waals surface area contributed by atoms with Gasteiger partial charge in [-0.3, -0.25) is 0 Å². The number of likely N-dealkylation sites (tertiary alicyclic amines) is 1. The Hall–Kier alpha value is -1.63. The highest BCUT2D eigenvalue weighted by Crippen LogP contribution is 2.26. The molecule has 2 heterocycles. The molecule has 23 heavy (non-hydrogen) atoms. The third-order valence-corrected chi connectivity index (χ3v) is 3.67. The molecule has 1 N–H and O–H groups in total. The minimum atomic E-state index is -1.05. The molecule has 130 valence electrons. The van der Waals surface area contributed by atoms with E-state index < -0.39 is 17.3 Å². The lowest BCUT2D eigenvalue weighted by atomic mass is 9.90. The number of hydrogen-bond donors (Lipinski definition) is 1. The summed E-state index contributed by atoms with van der Waals surface area (Å²) in [5, 5.41) is 14.7. The maximum Gasteiger partial charge on any atom is 0.410 e. The predicted molar refractivity (Wildman–Crippen MR) is 84.0 cm³/mol. The number of amides is 1. The molecule has 0 radical (unpaired) electrons. The standard InChI is InChI=1S/C16H27N3O4/c1-5-7-12-17-13(23-18-12)10-16(21)8-6-9-19(11-16)14(20)22-15(2,3)4/h21H,5-11H2,1-4H3. The van der Waals surface area contributed by atoms with E-state index in [1.54, 1.807) is 4.90 Å². The molecule has 7 heteroatoms. The Morgan fingerprint density at radius 3 is 2.87 bits per heavy atom. The van der Waals surface area contributed by atoms with Crippen LogP contribution in [0.3, 0.4) is 0 Å². The third-order valence-electron chi connectivity index (χ3n) is 3.67. The van der Waals surface area contributed by atoms with E-state index in [1.807, 2.05) is 27.7 Å². The maximum absolute atomic E-state index is 12.2. The maximum atomic E-state index is 12.2. The Labute approximate surface area is 137 Å². The zero-order valence-electron chi connectivity index (χ0n) is 14.5. The van der Waals surface area contributed by atoms with Gasteiger partial charge < -0.3 is 19.3 Å². The highest BCUT2D eigenvalue weighted by atomic mass is 16.6. The molecular weight excluding hydrogens is 298 g/mol. The lowest BCUT2D eigenvalue weighted by molar-refractivity contribution is -0.0458. The minimum absolute atomic E-state index is 0.216. The second-order valence-corrected chi connectivity index (χ2v) is 7.26. The van der Waals surface area contributed by atoms with Crippen molar-refractivity contribution in [3.05, 3.63) is 11.7 Å². The minimum Gasteiger partial charge on any atom is -0.444 e. The van der Waals surface area contributed by atoms with Gasteiger partial charge in [0.25, 0.3) is 0 Å². The highest BCUT2D eigenvalue weighted by molar-refractivity contribution is 5.68. The van der Waals surface area contributed by atoms with Crippen molar-refractivity contribution in [3.8, 4) is 0 Å². The van der Waals surface area contributed by atoms with E-state index in [1.165, 1.54) is 0 Å². The zero-order chi connectivity index (χ0) is 17.1. The molecule has 1 aliphatic heterocycles. The van der Waals surface area contributed by atoms with Crippen LogP contribution in [0.25, 0.3) is 0 Å². The summed E-state index contributed by atoms with van der Waals surface area (Å²) >= 11 is 0. The van der Waals surface area contributed by atoms with Gasteiger partial charge in [-0.05, 0) is 40.0 Å². The van der Waals surface area contributed by atoms with Crippen molar-refractivity contribution in [1.29, 1.82) is 0 Å². The molecule has 1 aromatic rings. The molecule has 1 fully saturated rings. The van der Waals surface area contributed by atoms with Crippen molar-refractivity contribution < 1.29 is 19.2 Å². The fraction of sp³-hybridized carbons (Fsp3) is 0.812. The zero-order valence-corrected chi connectivity index (χ0v) is 14.5. The van der Waals surface area contributed by atoms with Crippen molar-refractivity contribution in [2.24, 2.45) is 0 Å². The van der Waals surface area contributed by atoms with Crippen LogP contribution in [-0.4, -0.2) is 50.5 Å². The normalized spacial score (nSPS) is 22.2. The van der Waals surface area contributed by atoms with Crippen LogP contribution in [0.5, 0.6) is 0 Å². The Balaban J connectivity index is 1.98. The lowest BCUT2D eigenvalue weighted by Gasteiger charge is -2.38. The highest BCUT2D eigenvalue weighted by Gasteiger charge is 2.38. The second kappa shape index (κ2) is 6.86. The number of nitrogens with zero attached hydrogens (tertiary/aromatic N) is 3. The average Bonchev–Trinajstić information content (AvgIpc) is 2.84. The molecule has 7 nitrogen and oxygen atoms in total. The number of hydrogen-bond acceptors (Lipinski definition) is 6. The van der Waals surface area contributed by atoms with E-state index in [0.29, 0.717) is 31.1 Å². The summed E-state index contributed by atoms with van der Waals surface area (Å²) in [5.74, 6) is 1.08. The topological polar surface area (TPSA) is 88.7 Å². The van der Waals surface area contributed by atoms with Gasteiger partial charge in [0.1, 0.15) is 5.60 Å². The fourth-order valence-corrected chi connectivity index (χ4v) is 2.71. The number of β-amino-alcohol motifs (C(OH)–C–C–N with tert-alkyl or cyclic N) is 1. The van der Waals surface area contributed by atoms with Crippen molar-refractivity contribution >= 4 is 6.09 Å². The van der Waals surface area contributed by atoms with Gasteiger partial charge in [-0.25, -0.2) is 4.79 Å². The van der Waals surface area contributed by atoms with Gasteiger partial charge in [0.2, 0.25) is 5.89 Å². The smallest absolute Gasteiger partial charge is 0.410 e. The van der Waals surface area contributed by atoms with E-state index in [2.05, 4.69) is 10.1 Å². The predicted octanol–water partition coefficient (Wildman–Crippen LogP) is 2.33. The van der Waals surface area contributed by atoms with Crippen molar-refractivity contribution in [3.63, 3.8) is 0 Å². The monoisotopic (exact) mass is 325 g/mol. The summed E-state index contributed by atoms with van der Waals surface area (Å²) in [4.78, 5) is 18.0. The van der Waals surface area contributed by atoms with Crippen LogP contribution in [0.4, 0.5) is 4.79 Å². The largest absolute Gasteiger partial charge is 0.444 e. The molecule has 0 bridgehead atoms. The average molecular weight is 325 g/mol. The number of ether oxygens (including phenoxy) is 1. The second-order valence-electron chi connectivity index (χ2n) is 7.26. The Morgan fingerprint density at radius 2 is 2.22 bits per heavy atom. The van der Waals surface area contributed by atoms with E-state index in [9.17, 15) is 9.90 Å². The van der Waals surface area contributed by atoms with Crippen LogP contribution in [0, 0.1) is 0 Å². The quantitative estimate of drug-likeness (QED) is 0.914. The summed E-state index contributed by atoms with van der Waals surface area (Å²) in [6.45, 7) is 8.33. The Morgan fingerprint density at radius 1 is 1.48 bits per heavy atom. The van der Waals surface area contributed by atoms with Crippen LogP contribution in [-0.2, 0) is 17.6 Å². The van der Waals surface area contributed by atoms with Crippen molar-refractivity contribution in [2.45, 2.75) is 71.0 Å². The number of rotatable bonds is 4. The van der Waals surface area contributed by atoms with Gasteiger partial charge in [0.15, 0.2) is 5.82 Å². The van der Waals surface area contributed by atoms with Crippen molar-refractivity contribution in [1.82, 2.24) is 15.0 Å². The van der Waals surface area contributed by atoms with Gasteiger partial charge in [-0.1, -0.05) is 12.1 Å². The van der Waals surface area contributed by atoms with Crippen LogP contribution >= 0.6 is 0 Å². The first-order valence-corrected chi connectivity index (χ1v) is 8.22. The van der Waals surface area contributed by atoms with Gasteiger partial charge in [-0.2, -0.15) is 4.98 Å². The van der Waals surface area contributed by atoms with Gasteiger partial charge in [0, 0.05) is 13.0 Å². The first-order valence-electron chi connectivity index (χ1n) is 8.22. The summed E-state index contributed by atoms with van der Waals surface area (Å²) in [6.07, 6.45) is 2.86. The lowest BCUT2D eigenvalue weighted by Crippen LogP contribution is -2.52. The van der Waals surface area contributed by atoms with E-state index in [-0.39, 0.29) is 13.0 Å². The molecule has 1 atom stereocenters. The molecule has 2 rings (SSSR count). The molecule has 0 aromatic carbocycles. The van der Waals surface area contributed by atoms with Crippen LogP contribution < -0.4 is 0 Å². The van der Waals surface area contributed by atoms with E-state index in [0.717, 1.165) is 12.8 Å². The molecule has 0 saturated carbocycles. The molecule has 1 aliphatic rings. The Kier molecular flexibility index (Phi) is 5.29. The third kappa shape index (κ3) is 5.20. The first-order chi connectivity index (χ1) is 10.7. The Bertz CT molecular complexity index is 538.